The second kappa shape index (κ2) is 5.63. The van der Waals surface area contributed by atoms with E-state index in [0.717, 1.165) is 5.56 Å². The third kappa shape index (κ3) is 2.66. The van der Waals surface area contributed by atoms with Crippen molar-refractivity contribution in [3.05, 3.63) is 46.7 Å². The van der Waals surface area contributed by atoms with Crippen molar-refractivity contribution in [2.75, 3.05) is 26.2 Å². The van der Waals surface area contributed by atoms with Crippen molar-refractivity contribution in [1.82, 2.24) is 15.1 Å². The van der Waals surface area contributed by atoms with Gasteiger partial charge in [0.2, 0.25) is 5.96 Å². The van der Waals surface area contributed by atoms with Crippen LogP contribution in [0.3, 0.4) is 0 Å². The van der Waals surface area contributed by atoms with Gasteiger partial charge in [0.25, 0.3) is 5.91 Å². The Kier molecular flexibility index (Phi) is 3.54. The van der Waals surface area contributed by atoms with Crippen LogP contribution in [0.4, 0.5) is 8.78 Å². The van der Waals surface area contributed by atoms with E-state index in [1.54, 1.807) is 24.3 Å². The molecule has 0 aliphatic carbocycles. The Balaban J connectivity index is 1.64. The topological polar surface area (TPSA) is 71.7 Å². The van der Waals surface area contributed by atoms with Crippen LogP contribution in [0.1, 0.15) is 11.1 Å². The molecule has 0 bridgehead atoms. The van der Waals surface area contributed by atoms with Crippen molar-refractivity contribution in [2.45, 2.75) is 12.5 Å². The first-order valence-electron chi connectivity index (χ1n) is 7.94. The summed E-state index contributed by atoms with van der Waals surface area (Å²) in [7, 11) is 0. The van der Waals surface area contributed by atoms with Gasteiger partial charge in [-0.05, 0) is 17.7 Å². The summed E-state index contributed by atoms with van der Waals surface area (Å²) in [4.78, 5) is 19.3. The Bertz CT molecular complexity index is 855. The molecule has 1 N–H and O–H groups in total. The molecule has 0 saturated heterocycles. The van der Waals surface area contributed by atoms with Crippen LogP contribution in [-0.2, 0) is 11.3 Å². The van der Waals surface area contributed by atoms with E-state index in [9.17, 15) is 13.6 Å². The molecule has 1 amide bonds. The minimum Gasteiger partial charge on any atom is -0.308 e. The number of rotatable bonds is 2. The van der Waals surface area contributed by atoms with Crippen LogP contribution < -0.4 is 5.32 Å². The highest BCUT2D eigenvalue weighted by Gasteiger charge is 2.50. The van der Waals surface area contributed by atoms with Gasteiger partial charge in [-0.3, -0.25) is 20.0 Å². The summed E-state index contributed by atoms with van der Waals surface area (Å²) >= 11 is 0. The third-order valence-corrected chi connectivity index (χ3v) is 4.51. The number of carbonyl (C=O) groups is 1. The van der Waals surface area contributed by atoms with Gasteiger partial charge in [-0.2, -0.15) is 14.0 Å². The maximum Gasteiger partial charge on any atom is 0.300 e. The number of nitrogens with zero attached hydrogens (tertiary/aromatic N) is 4. The molecule has 1 aromatic carbocycles. The number of hydrogen-bond acceptors (Lipinski definition) is 5. The summed E-state index contributed by atoms with van der Waals surface area (Å²) in [5, 5.41) is 11.6. The summed E-state index contributed by atoms with van der Waals surface area (Å²) in [5.74, 6) is -3.43. The quantitative estimate of drug-likeness (QED) is 0.872. The predicted octanol–water partition coefficient (Wildman–Crippen LogP) is 1.06. The highest BCUT2D eigenvalue weighted by atomic mass is 19.3. The van der Waals surface area contributed by atoms with E-state index in [0.29, 0.717) is 18.7 Å². The van der Waals surface area contributed by atoms with Gasteiger partial charge in [0.15, 0.2) is 0 Å². The zero-order chi connectivity index (χ0) is 17.6. The SMILES string of the molecule is N#Cc1cccc(CN2CC3=C(N4CCN=C4NC3=O)C(F)(F)C2)c1. The van der Waals surface area contributed by atoms with Crippen LogP contribution >= 0.6 is 0 Å². The number of nitrogens with one attached hydrogen (secondary N) is 1. The molecular weight excluding hydrogens is 328 g/mol. The molecule has 3 heterocycles. The van der Waals surface area contributed by atoms with Gasteiger partial charge in [0.1, 0.15) is 5.70 Å². The molecule has 4 rings (SSSR count). The van der Waals surface area contributed by atoms with E-state index in [2.05, 4.69) is 10.3 Å². The molecule has 0 aromatic heterocycles. The van der Waals surface area contributed by atoms with Gasteiger partial charge in [-0.1, -0.05) is 12.1 Å². The zero-order valence-corrected chi connectivity index (χ0v) is 13.3. The number of alkyl halides is 2. The van der Waals surface area contributed by atoms with Crippen LogP contribution in [0.5, 0.6) is 0 Å². The Morgan fingerprint density at radius 3 is 3.04 bits per heavy atom. The van der Waals surface area contributed by atoms with Gasteiger partial charge in [-0.15, -0.1) is 0 Å². The lowest BCUT2D eigenvalue weighted by Gasteiger charge is -2.41. The minimum atomic E-state index is -3.14. The Hall–Kier alpha value is -2.79. The lowest BCUT2D eigenvalue weighted by atomic mass is 9.98. The van der Waals surface area contributed by atoms with Gasteiger partial charge in [0, 0.05) is 19.6 Å². The van der Waals surface area contributed by atoms with Crippen LogP contribution in [0.25, 0.3) is 0 Å². The predicted molar refractivity (Wildman–Crippen MR) is 85.6 cm³/mol. The van der Waals surface area contributed by atoms with Crippen LogP contribution in [0.2, 0.25) is 0 Å². The van der Waals surface area contributed by atoms with Crippen molar-refractivity contribution >= 4 is 11.9 Å². The fourth-order valence-electron chi connectivity index (χ4n) is 3.53. The average Bonchev–Trinajstić information content (AvgIpc) is 3.02. The molecule has 0 fully saturated rings. The lowest BCUT2D eigenvalue weighted by molar-refractivity contribution is -0.119. The van der Waals surface area contributed by atoms with E-state index in [1.165, 1.54) is 9.80 Å². The molecule has 128 valence electrons. The fraction of sp³-hybridized carbons (Fsp3) is 0.353. The first kappa shape index (κ1) is 15.7. The van der Waals surface area contributed by atoms with Crippen LogP contribution in [0, 0.1) is 11.3 Å². The van der Waals surface area contributed by atoms with Crippen molar-refractivity contribution < 1.29 is 13.6 Å². The van der Waals surface area contributed by atoms with Crippen molar-refractivity contribution in [1.29, 1.82) is 5.26 Å². The smallest absolute Gasteiger partial charge is 0.300 e. The van der Waals surface area contributed by atoms with E-state index in [4.69, 9.17) is 5.26 Å². The number of guanidine groups is 1. The number of benzene rings is 1. The van der Waals surface area contributed by atoms with Gasteiger partial charge in [-0.25, -0.2) is 0 Å². The maximum absolute atomic E-state index is 14.8. The van der Waals surface area contributed by atoms with Crippen LogP contribution in [0.15, 0.2) is 40.5 Å². The Morgan fingerprint density at radius 1 is 1.40 bits per heavy atom. The molecule has 0 spiro atoms. The maximum atomic E-state index is 14.8. The summed E-state index contributed by atoms with van der Waals surface area (Å²) in [6.45, 7) is 0.661. The molecule has 0 saturated carbocycles. The van der Waals surface area contributed by atoms with E-state index in [-0.39, 0.29) is 30.3 Å². The number of amides is 1. The molecular formula is C17H15F2N5O. The number of nitriles is 1. The lowest BCUT2D eigenvalue weighted by Crippen LogP contribution is -2.58. The van der Waals surface area contributed by atoms with E-state index >= 15 is 0 Å². The largest absolute Gasteiger partial charge is 0.308 e. The molecule has 25 heavy (non-hydrogen) atoms. The molecule has 1 aromatic rings. The van der Waals surface area contributed by atoms with Gasteiger partial charge in [0.05, 0.1) is 30.3 Å². The van der Waals surface area contributed by atoms with E-state index < -0.39 is 18.4 Å². The molecule has 0 unspecified atom stereocenters. The molecule has 6 nitrogen and oxygen atoms in total. The Labute approximate surface area is 143 Å². The first-order valence-corrected chi connectivity index (χ1v) is 7.94. The zero-order valence-electron chi connectivity index (χ0n) is 13.3. The van der Waals surface area contributed by atoms with Crippen molar-refractivity contribution in [3.8, 4) is 6.07 Å². The highest BCUT2D eigenvalue weighted by molar-refractivity contribution is 6.10. The van der Waals surface area contributed by atoms with Crippen LogP contribution in [-0.4, -0.2) is 53.8 Å². The fourth-order valence-corrected chi connectivity index (χ4v) is 3.53. The number of aliphatic imine (C=N–C) groups is 1. The van der Waals surface area contributed by atoms with E-state index in [1.807, 2.05) is 6.07 Å². The second-order valence-corrected chi connectivity index (χ2v) is 6.30. The molecule has 0 radical (unpaired) electrons. The number of hydrogen-bond donors (Lipinski definition) is 1. The summed E-state index contributed by atoms with van der Waals surface area (Å²) in [6, 6.07) is 8.89. The molecule has 3 aliphatic heterocycles. The number of carbonyl (C=O) groups excluding carboxylic acids is 1. The van der Waals surface area contributed by atoms with Crippen molar-refractivity contribution in [3.63, 3.8) is 0 Å². The molecule has 8 heteroatoms. The normalized spacial score (nSPS) is 22.0. The van der Waals surface area contributed by atoms with Gasteiger partial charge >= 0.3 is 5.92 Å². The minimum absolute atomic E-state index is 0.0912. The highest BCUT2D eigenvalue weighted by Crippen LogP contribution is 2.38. The number of fused-ring (bicyclic) bond motifs is 2. The summed E-state index contributed by atoms with van der Waals surface area (Å²) in [5.41, 5.74) is 1.12. The first-order chi connectivity index (χ1) is 12.0. The monoisotopic (exact) mass is 343 g/mol. The summed E-state index contributed by atoms with van der Waals surface area (Å²) in [6.07, 6.45) is 0. The third-order valence-electron chi connectivity index (χ3n) is 4.51. The average molecular weight is 343 g/mol. The van der Waals surface area contributed by atoms with Crippen molar-refractivity contribution in [2.24, 2.45) is 4.99 Å². The Morgan fingerprint density at radius 2 is 2.24 bits per heavy atom. The second-order valence-electron chi connectivity index (χ2n) is 6.30. The standard InChI is InChI=1S/C17H15F2N5O/c18-17(19)10-23(8-12-3-1-2-11(6-12)7-20)9-13-14(17)24-5-4-21-16(24)22-15(13)25/h1-3,6H,4-5,8-10H2,(H,21,22,25). The molecule has 3 aliphatic rings. The molecule has 0 atom stereocenters. The summed E-state index contributed by atoms with van der Waals surface area (Å²) < 4.78 is 29.6. The number of halogens is 2. The van der Waals surface area contributed by atoms with Gasteiger partial charge < -0.3 is 4.90 Å².